The van der Waals surface area contributed by atoms with Crippen molar-refractivity contribution in [1.82, 2.24) is 20.1 Å². The molecule has 2 aromatic rings. The normalized spacial score (nSPS) is 18.4. The number of anilines is 1. The van der Waals surface area contributed by atoms with Crippen molar-refractivity contribution >= 4 is 46.6 Å². The highest BCUT2D eigenvalue weighted by molar-refractivity contribution is 7.09. The molecular weight excluding hydrogens is 683 g/mol. The predicted molar refractivity (Wildman–Crippen MR) is 203 cm³/mol. The lowest BCUT2D eigenvalue weighted by atomic mass is 9.83. The number of benzene rings is 1. The van der Waals surface area contributed by atoms with Crippen LogP contribution < -0.4 is 11.1 Å². The monoisotopic (exact) mass is 741 g/mol. The fourth-order valence-corrected chi connectivity index (χ4v) is 7.87. The minimum atomic E-state index is -0.959. The van der Waals surface area contributed by atoms with Crippen molar-refractivity contribution in [2.24, 2.45) is 23.7 Å². The van der Waals surface area contributed by atoms with Gasteiger partial charge in [-0.1, -0.05) is 59.6 Å². The Labute approximate surface area is 312 Å². The summed E-state index contributed by atoms with van der Waals surface area (Å²) in [6.07, 6.45) is 3.83. The van der Waals surface area contributed by atoms with Crippen molar-refractivity contribution in [3.05, 3.63) is 45.9 Å². The van der Waals surface area contributed by atoms with E-state index in [4.69, 9.17) is 10.5 Å². The number of ether oxygens (including phenoxy) is 1. The molecule has 0 bridgehead atoms. The molecule has 1 aliphatic heterocycles. The second-order valence-corrected chi connectivity index (χ2v) is 15.8. The number of aromatic nitrogens is 1. The molecule has 1 unspecified atom stereocenters. The molecule has 13 heteroatoms. The van der Waals surface area contributed by atoms with Gasteiger partial charge in [-0.2, -0.15) is 0 Å². The molecule has 1 aromatic carbocycles. The molecule has 4 N–H and O–H groups in total. The minimum Gasteiger partial charge on any atom is -0.481 e. The van der Waals surface area contributed by atoms with E-state index in [0.717, 1.165) is 37.8 Å². The van der Waals surface area contributed by atoms with Crippen molar-refractivity contribution in [2.75, 3.05) is 26.4 Å². The number of hydrogen-bond donors (Lipinski definition) is 3. The topological polar surface area (TPSA) is 172 Å². The van der Waals surface area contributed by atoms with Gasteiger partial charge in [-0.15, -0.1) is 11.3 Å². The van der Waals surface area contributed by atoms with Crippen molar-refractivity contribution in [1.29, 1.82) is 0 Å². The maximum atomic E-state index is 14.2. The van der Waals surface area contributed by atoms with E-state index < -0.39 is 41.8 Å². The highest BCUT2D eigenvalue weighted by Crippen LogP contribution is 2.33. The number of likely N-dealkylation sites (tertiary alicyclic amines) is 1. The van der Waals surface area contributed by atoms with Gasteiger partial charge in [-0.05, 0) is 68.8 Å². The fraction of sp³-hybridized carbons (Fsp3) is 0.641. The van der Waals surface area contributed by atoms with Crippen LogP contribution in [0.1, 0.15) is 114 Å². The summed E-state index contributed by atoms with van der Waals surface area (Å²) in [5, 5.41) is 14.5. The quantitative estimate of drug-likeness (QED) is 0.119. The first-order valence-electron chi connectivity index (χ1n) is 18.5. The Bertz CT molecular complexity index is 1510. The van der Waals surface area contributed by atoms with Crippen LogP contribution in [-0.4, -0.2) is 88.2 Å². The van der Waals surface area contributed by atoms with Crippen molar-refractivity contribution in [2.45, 2.75) is 117 Å². The molecular formula is C39H59N5O7S. The van der Waals surface area contributed by atoms with Crippen molar-refractivity contribution in [3.63, 3.8) is 0 Å². The van der Waals surface area contributed by atoms with Crippen LogP contribution in [0, 0.1) is 23.7 Å². The molecule has 12 nitrogen and oxygen atoms in total. The zero-order valence-corrected chi connectivity index (χ0v) is 32.9. The maximum Gasteiger partial charge on any atom is 0.306 e. The molecule has 0 aliphatic carbocycles. The molecule has 2 heterocycles. The number of hydrogen-bond acceptors (Lipinski definition) is 10. The summed E-state index contributed by atoms with van der Waals surface area (Å²) in [7, 11) is 3.73. The van der Waals surface area contributed by atoms with Crippen LogP contribution in [-0.2, 0) is 30.3 Å². The smallest absolute Gasteiger partial charge is 0.306 e. The highest BCUT2D eigenvalue weighted by Gasteiger charge is 2.37. The number of nitrogens with one attached hydrogen (secondary N) is 1. The van der Waals surface area contributed by atoms with Crippen LogP contribution in [0.3, 0.4) is 0 Å². The third-order valence-electron chi connectivity index (χ3n) is 10.5. The lowest BCUT2D eigenvalue weighted by Crippen LogP contribution is -2.48. The average Bonchev–Trinajstić information content (AvgIpc) is 3.59. The van der Waals surface area contributed by atoms with E-state index in [1.54, 1.807) is 36.4 Å². The number of carbonyl (C=O) groups is 5. The average molecular weight is 742 g/mol. The lowest BCUT2D eigenvalue weighted by molar-refractivity contribution is -0.149. The Balaban J connectivity index is 1.81. The number of Topliss-reactive ketones (excluding diaryl/α,β-unsaturated/α-hetero) is 1. The van der Waals surface area contributed by atoms with E-state index in [0.29, 0.717) is 17.1 Å². The van der Waals surface area contributed by atoms with Gasteiger partial charge in [0.1, 0.15) is 10.7 Å². The number of nitrogens with two attached hydrogens (primary N) is 1. The number of piperidine rings is 1. The van der Waals surface area contributed by atoms with Crippen LogP contribution in [0.15, 0.2) is 29.6 Å². The van der Waals surface area contributed by atoms with E-state index in [-0.39, 0.29) is 60.6 Å². The molecule has 0 radical (unpaired) electrons. The Kier molecular flexibility index (Phi) is 16.2. The number of ketones is 1. The predicted octanol–water partition coefficient (Wildman–Crippen LogP) is 5.76. The maximum absolute atomic E-state index is 14.2. The number of likely N-dealkylation sites (N-methyl/N-ethyl adjacent to an activating group) is 1. The van der Waals surface area contributed by atoms with Gasteiger partial charge in [0.25, 0.3) is 5.91 Å². The molecule has 1 aliphatic rings. The summed E-state index contributed by atoms with van der Waals surface area (Å²) < 4.78 is 5.78. The molecule has 1 fully saturated rings. The molecule has 2 amide bonds. The second-order valence-electron chi connectivity index (χ2n) is 14.9. The van der Waals surface area contributed by atoms with Gasteiger partial charge in [-0.3, -0.25) is 28.9 Å². The molecule has 1 saturated heterocycles. The number of carbonyl (C=O) groups excluding carboxylic acids is 4. The molecule has 0 saturated carbocycles. The number of nitrogens with zero attached hydrogens (tertiary/aromatic N) is 3. The van der Waals surface area contributed by atoms with Crippen LogP contribution in [0.5, 0.6) is 0 Å². The summed E-state index contributed by atoms with van der Waals surface area (Å²) in [6, 6.07) is 6.17. The van der Waals surface area contributed by atoms with Gasteiger partial charge >= 0.3 is 11.9 Å². The first-order chi connectivity index (χ1) is 24.5. The van der Waals surface area contributed by atoms with E-state index in [9.17, 15) is 29.1 Å². The molecule has 1 aromatic heterocycles. The molecule has 0 spiro atoms. The molecule has 7 atom stereocenters. The van der Waals surface area contributed by atoms with Gasteiger partial charge in [0.2, 0.25) is 5.91 Å². The van der Waals surface area contributed by atoms with Gasteiger partial charge in [0, 0.05) is 55.9 Å². The number of esters is 1. The number of aliphatic carboxylic acids is 1. The number of amides is 2. The Morgan fingerprint density at radius 1 is 1.10 bits per heavy atom. The van der Waals surface area contributed by atoms with Gasteiger partial charge in [-0.25, -0.2) is 4.98 Å². The third kappa shape index (κ3) is 12.1. The lowest BCUT2D eigenvalue weighted by Gasteiger charge is -2.37. The van der Waals surface area contributed by atoms with Crippen molar-refractivity contribution in [3.8, 4) is 0 Å². The van der Waals surface area contributed by atoms with E-state index >= 15 is 0 Å². The number of carboxylic acid groups (broad SMARTS) is 1. The number of nitrogen functional groups attached to an aromatic ring is 1. The Hall–Kier alpha value is -3.84. The van der Waals surface area contributed by atoms with Crippen LogP contribution in [0.25, 0.3) is 0 Å². The van der Waals surface area contributed by atoms with Gasteiger partial charge in [0.15, 0.2) is 11.9 Å². The highest BCUT2D eigenvalue weighted by atomic mass is 32.1. The Morgan fingerprint density at radius 3 is 2.35 bits per heavy atom. The van der Waals surface area contributed by atoms with Gasteiger partial charge in [0.05, 0.1) is 12.0 Å². The van der Waals surface area contributed by atoms with Gasteiger partial charge < -0.3 is 25.8 Å². The summed E-state index contributed by atoms with van der Waals surface area (Å²) in [4.78, 5) is 73.7. The van der Waals surface area contributed by atoms with Crippen LogP contribution in [0.4, 0.5) is 5.69 Å². The first kappa shape index (κ1) is 42.6. The zero-order valence-electron chi connectivity index (χ0n) is 32.1. The standard InChI is InChI=1S/C39H59N5O7S/c1-9-24(4)30(20-34(46)32-12-10-11-17-43(32)7)38(48)44(8)33(23(2)3)21-35(51-26(6)45)37-42-31(22-52-37)36(47)41-29(18-25(5)39(49)50)19-27-13-15-28(40)16-14-27/h13-16,22-25,29-30,32-33,35H,9-12,17-21,40H2,1-8H3,(H,41,47)(H,49,50)/t24-,25?,29+,30-,32+,33+,35+/m0/s1. The SMILES string of the molecule is CC[C@H](C)[C@H](CC(=O)[C@H]1CCCCN1C)C(=O)N(C)[C@H](C[C@@H](OC(C)=O)c1nc(C(=O)N[C@@H](Cc2ccc(N)cc2)CC(C)C(=O)O)cs1)C(C)C. The fourth-order valence-electron chi connectivity index (χ4n) is 7.03. The van der Waals surface area contributed by atoms with Crippen molar-refractivity contribution < 1.29 is 33.8 Å². The summed E-state index contributed by atoms with van der Waals surface area (Å²) in [6.45, 7) is 11.8. The molecule has 3 rings (SSSR count). The summed E-state index contributed by atoms with van der Waals surface area (Å²) in [5.74, 6) is -3.17. The van der Waals surface area contributed by atoms with Crippen LogP contribution >= 0.6 is 11.3 Å². The number of carboxylic acids is 1. The number of thiazole rings is 1. The molecule has 288 valence electrons. The summed E-state index contributed by atoms with van der Waals surface area (Å²) in [5.41, 5.74) is 7.44. The zero-order chi connectivity index (χ0) is 38.7. The third-order valence-corrected chi connectivity index (χ3v) is 11.4. The van der Waals surface area contributed by atoms with E-state index in [1.807, 2.05) is 46.9 Å². The Morgan fingerprint density at radius 2 is 1.77 bits per heavy atom. The summed E-state index contributed by atoms with van der Waals surface area (Å²) >= 11 is 1.18. The second kappa shape index (κ2) is 19.8. The number of rotatable bonds is 19. The minimum absolute atomic E-state index is 0.00718. The van der Waals surface area contributed by atoms with Crippen LogP contribution in [0.2, 0.25) is 0 Å². The largest absolute Gasteiger partial charge is 0.481 e. The van der Waals surface area contributed by atoms with E-state index in [1.165, 1.54) is 18.3 Å². The van der Waals surface area contributed by atoms with E-state index in [2.05, 4.69) is 15.2 Å². The molecule has 52 heavy (non-hydrogen) atoms. The first-order valence-corrected chi connectivity index (χ1v) is 19.4.